The molecule has 0 radical (unpaired) electrons. The van der Waals surface area contributed by atoms with Crippen LogP contribution in [0.2, 0.25) is 0 Å². The predicted octanol–water partition coefficient (Wildman–Crippen LogP) is 2.48. The Bertz CT molecular complexity index is 1400. The molecule has 42 heavy (non-hydrogen) atoms. The molecule has 2 amide bonds. The minimum Gasteiger partial charge on any atom is -0.379 e. The molecule has 1 atom stereocenters. The molecule has 3 heterocycles. The smallest absolute Gasteiger partial charge is 0.262 e. The zero-order valence-corrected chi connectivity index (χ0v) is 24.7. The van der Waals surface area contributed by atoms with Gasteiger partial charge in [-0.15, -0.1) is 0 Å². The highest BCUT2D eigenvalue weighted by atomic mass is 32.2. The second kappa shape index (κ2) is 15.3. The normalized spacial score (nSPS) is 17.4. The van der Waals surface area contributed by atoms with E-state index in [2.05, 4.69) is 15.5 Å². The largest absolute Gasteiger partial charge is 0.379 e. The number of carbonyl (C=O) groups excluding carboxylic acids is 2. The minimum absolute atomic E-state index is 0.0662. The van der Waals surface area contributed by atoms with Gasteiger partial charge >= 0.3 is 0 Å². The number of nitrogens with one attached hydrogen (secondary N) is 2. The van der Waals surface area contributed by atoms with Gasteiger partial charge in [0, 0.05) is 38.3 Å². The van der Waals surface area contributed by atoms with Crippen LogP contribution >= 0.6 is 11.8 Å². The Labute approximate surface area is 250 Å². The number of ether oxygens (including phenoxy) is 2. The van der Waals surface area contributed by atoms with Crippen LogP contribution in [-0.4, -0.2) is 90.7 Å². The first-order valence-corrected chi connectivity index (χ1v) is 15.7. The number of nitrogens with zero attached hydrogens (tertiary/aromatic N) is 3. The van der Waals surface area contributed by atoms with Crippen LogP contribution in [0.25, 0.3) is 10.9 Å². The highest BCUT2D eigenvalue weighted by Gasteiger charge is 2.21. The van der Waals surface area contributed by atoms with Gasteiger partial charge in [0.2, 0.25) is 5.91 Å². The molecule has 2 fully saturated rings. The maximum atomic E-state index is 13.6. The molecule has 0 spiro atoms. The van der Waals surface area contributed by atoms with Crippen molar-refractivity contribution in [3.8, 4) is 0 Å². The van der Waals surface area contributed by atoms with Gasteiger partial charge in [-0.1, -0.05) is 42.1 Å². The Morgan fingerprint density at radius 1 is 1.02 bits per heavy atom. The fraction of sp³-hybridized carbons (Fsp3) is 0.484. The number of thioether (sulfide) groups is 1. The summed E-state index contributed by atoms with van der Waals surface area (Å²) in [6.45, 7) is 6.41. The first kappa shape index (κ1) is 30.2. The topological polar surface area (TPSA) is 115 Å². The van der Waals surface area contributed by atoms with E-state index in [1.807, 2.05) is 30.3 Å². The molecule has 0 bridgehead atoms. The summed E-state index contributed by atoms with van der Waals surface area (Å²) in [7, 11) is 0. The molecule has 2 aromatic carbocycles. The lowest BCUT2D eigenvalue weighted by Gasteiger charge is -2.26. The molecule has 11 heteroatoms. The van der Waals surface area contributed by atoms with Crippen LogP contribution < -0.4 is 16.2 Å². The molecule has 5 rings (SSSR count). The monoisotopic (exact) mass is 593 g/mol. The number of morpholine rings is 1. The van der Waals surface area contributed by atoms with E-state index in [1.165, 1.54) is 11.8 Å². The highest BCUT2D eigenvalue weighted by molar-refractivity contribution is 7.99. The van der Waals surface area contributed by atoms with E-state index in [0.717, 1.165) is 64.1 Å². The summed E-state index contributed by atoms with van der Waals surface area (Å²) in [6.07, 6.45) is 3.35. The van der Waals surface area contributed by atoms with E-state index in [4.69, 9.17) is 14.5 Å². The fourth-order valence-corrected chi connectivity index (χ4v) is 6.05. The van der Waals surface area contributed by atoms with E-state index < -0.39 is 0 Å². The van der Waals surface area contributed by atoms with Crippen LogP contribution in [0.4, 0.5) is 0 Å². The van der Waals surface area contributed by atoms with Crippen LogP contribution in [-0.2, 0) is 27.2 Å². The number of fused-ring (bicyclic) bond motifs is 1. The quantitative estimate of drug-likeness (QED) is 0.177. The van der Waals surface area contributed by atoms with Crippen molar-refractivity contribution in [3.05, 3.63) is 70.0 Å². The second-order valence-electron chi connectivity index (χ2n) is 10.6. The molecule has 224 valence electrons. The van der Waals surface area contributed by atoms with Crippen molar-refractivity contribution in [1.82, 2.24) is 25.1 Å². The lowest BCUT2D eigenvalue weighted by molar-refractivity contribution is -0.118. The Morgan fingerprint density at radius 2 is 1.86 bits per heavy atom. The van der Waals surface area contributed by atoms with Gasteiger partial charge in [-0.2, -0.15) is 0 Å². The zero-order valence-electron chi connectivity index (χ0n) is 23.9. The third-order valence-electron chi connectivity index (χ3n) is 7.54. The molecule has 0 unspecified atom stereocenters. The summed E-state index contributed by atoms with van der Waals surface area (Å²) >= 11 is 1.23. The molecule has 10 nitrogen and oxygen atoms in total. The Balaban J connectivity index is 1.24. The summed E-state index contributed by atoms with van der Waals surface area (Å²) < 4.78 is 12.8. The van der Waals surface area contributed by atoms with Crippen LogP contribution in [0, 0.1) is 0 Å². The third-order valence-corrected chi connectivity index (χ3v) is 8.52. The maximum absolute atomic E-state index is 13.6. The first-order valence-electron chi connectivity index (χ1n) is 14.7. The molecule has 3 aromatic rings. The van der Waals surface area contributed by atoms with Crippen LogP contribution in [0.3, 0.4) is 0 Å². The first-order chi connectivity index (χ1) is 20.6. The van der Waals surface area contributed by atoms with Crippen molar-refractivity contribution >= 4 is 34.5 Å². The number of benzene rings is 2. The fourth-order valence-electron chi connectivity index (χ4n) is 5.21. The Kier molecular flexibility index (Phi) is 11.0. The molecule has 2 aliphatic heterocycles. The molecular formula is C31H39N5O5S. The van der Waals surface area contributed by atoms with Crippen molar-refractivity contribution in [2.45, 2.75) is 43.5 Å². The number of rotatable bonds is 13. The molecule has 1 aromatic heterocycles. The van der Waals surface area contributed by atoms with Crippen molar-refractivity contribution in [3.63, 3.8) is 0 Å². The van der Waals surface area contributed by atoms with E-state index in [9.17, 15) is 14.4 Å². The number of hydrogen-bond donors (Lipinski definition) is 2. The van der Waals surface area contributed by atoms with E-state index in [1.54, 1.807) is 22.8 Å². The molecule has 2 N–H and O–H groups in total. The predicted molar refractivity (Wildman–Crippen MR) is 163 cm³/mol. The molecule has 2 saturated heterocycles. The van der Waals surface area contributed by atoms with Crippen LogP contribution in [0.15, 0.2) is 58.5 Å². The van der Waals surface area contributed by atoms with Crippen LogP contribution in [0.1, 0.15) is 35.2 Å². The number of amides is 2. The van der Waals surface area contributed by atoms with Gasteiger partial charge in [-0.05, 0) is 56.0 Å². The summed E-state index contributed by atoms with van der Waals surface area (Å²) in [6, 6.07) is 15.0. The lowest BCUT2D eigenvalue weighted by atomic mass is 10.1. The molecule has 0 aliphatic carbocycles. The van der Waals surface area contributed by atoms with Crippen molar-refractivity contribution in [2.75, 3.05) is 58.3 Å². The number of aromatic nitrogens is 2. The molecule has 2 aliphatic rings. The zero-order chi connectivity index (χ0) is 29.1. The molecule has 0 saturated carbocycles. The van der Waals surface area contributed by atoms with E-state index >= 15 is 0 Å². The summed E-state index contributed by atoms with van der Waals surface area (Å²) in [4.78, 5) is 46.2. The minimum atomic E-state index is -0.198. The van der Waals surface area contributed by atoms with Crippen molar-refractivity contribution in [2.24, 2.45) is 0 Å². The van der Waals surface area contributed by atoms with E-state index in [-0.39, 0.29) is 29.2 Å². The number of hydrogen-bond acceptors (Lipinski definition) is 8. The van der Waals surface area contributed by atoms with Gasteiger partial charge in [-0.25, -0.2) is 4.98 Å². The molecular weight excluding hydrogens is 554 g/mol. The van der Waals surface area contributed by atoms with Crippen LogP contribution in [0.5, 0.6) is 0 Å². The van der Waals surface area contributed by atoms with Crippen molar-refractivity contribution in [1.29, 1.82) is 0 Å². The highest BCUT2D eigenvalue weighted by Crippen LogP contribution is 2.22. The average Bonchev–Trinajstić information content (AvgIpc) is 3.54. The van der Waals surface area contributed by atoms with Gasteiger partial charge in [-0.3, -0.25) is 23.9 Å². The Hall–Kier alpha value is -3.25. The van der Waals surface area contributed by atoms with Gasteiger partial charge in [0.1, 0.15) is 0 Å². The average molecular weight is 594 g/mol. The Morgan fingerprint density at radius 3 is 2.64 bits per heavy atom. The lowest BCUT2D eigenvalue weighted by Crippen LogP contribution is -2.38. The van der Waals surface area contributed by atoms with Gasteiger partial charge < -0.3 is 20.1 Å². The third kappa shape index (κ3) is 8.41. The SMILES string of the molecule is O=C(CSc1nc2cc(C(=O)NCCCN3CCOCC3)ccc2c(=O)n1C[C@@H]1CCCO1)NCCc1ccccc1. The van der Waals surface area contributed by atoms with Gasteiger partial charge in [0.05, 0.1) is 42.5 Å². The maximum Gasteiger partial charge on any atom is 0.262 e. The summed E-state index contributed by atoms with van der Waals surface area (Å²) in [5, 5.41) is 6.82. The second-order valence-corrected chi connectivity index (χ2v) is 11.6. The van der Waals surface area contributed by atoms with Gasteiger partial charge in [0.15, 0.2) is 5.16 Å². The van der Waals surface area contributed by atoms with E-state index in [0.29, 0.717) is 47.9 Å². The van der Waals surface area contributed by atoms with Gasteiger partial charge in [0.25, 0.3) is 11.5 Å². The standard InChI is InChI=1S/C31H39N5O5S/c37-28(32-13-11-23-6-2-1-3-7-23)22-42-31-34-27-20-24(29(38)33-12-5-14-35-15-18-40-19-16-35)9-10-26(27)30(39)36(31)21-25-8-4-17-41-25/h1-3,6-7,9-10,20,25H,4-5,8,11-19,21-22H2,(H,32,37)(H,33,38)/t25-/m0/s1. The van der Waals surface area contributed by atoms with Crippen molar-refractivity contribution < 1.29 is 19.1 Å². The summed E-state index contributed by atoms with van der Waals surface area (Å²) in [5.41, 5.74) is 1.85. The summed E-state index contributed by atoms with van der Waals surface area (Å²) in [5.74, 6) is -0.197. The number of carbonyl (C=O) groups is 2.